The predicted molar refractivity (Wildman–Crippen MR) is 103 cm³/mol. The van der Waals surface area contributed by atoms with Crippen LogP contribution in [0, 0.1) is 0 Å². The number of ether oxygens (including phenoxy) is 5. The topological polar surface area (TPSA) is 202 Å². The number of rotatable bonds is 10. The number of nitrogens with one attached hydrogen (secondary N) is 1. The van der Waals surface area contributed by atoms with Crippen molar-refractivity contribution in [2.24, 2.45) is 5.73 Å². The second-order valence-electron chi connectivity index (χ2n) is 7.58. The first-order valence-corrected chi connectivity index (χ1v) is 10.1. The molecule has 2 rings (SSSR count). The molecule has 0 spiro atoms. The molecule has 2 saturated heterocycles. The third kappa shape index (κ3) is 6.76. The van der Waals surface area contributed by atoms with Crippen LogP contribution in [-0.4, -0.2) is 133 Å². The lowest BCUT2D eigenvalue weighted by Crippen LogP contribution is -2.62. The summed E-state index contributed by atoms with van der Waals surface area (Å²) in [6, 6.07) is 0. The van der Waals surface area contributed by atoms with Gasteiger partial charge in [-0.05, 0) is 6.92 Å². The molecule has 2 fully saturated rings. The van der Waals surface area contributed by atoms with Gasteiger partial charge in [-0.3, -0.25) is 4.79 Å². The van der Waals surface area contributed by atoms with Gasteiger partial charge in [0.25, 0.3) is 0 Å². The minimum atomic E-state index is -1.54. The van der Waals surface area contributed by atoms with E-state index >= 15 is 0 Å². The van der Waals surface area contributed by atoms with Crippen molar-refractivity contribution >= 4 is 5.91 Å². The zero-order valence-electron chi connectivity index (χ0n) is 17.6. The Kier molecular flexibility index (Phi) is 10.4. The maximum atomic E-state index is 11.7. The molecule has 2 aliphatic heterocycles. The molecule has 2 heterocycles. The average Bonchev–Trinajstić information content (AvgIpc) is 2.75. The van der Waals surface area contributed by atoms with Crippen LogP contribution in [0.1, 0.15) is 6.92 Å². The minimum Gasteiger partial charge on any atom is -0.388 e. The normalized spacial score (nSPS) is 41.2. The molecular weight excluding hydrogens is 420 g/mol. The lowest BCUT2D eigenvalue weighted by molar-refractivity contribution is -0.318. The molecule has 0 saturated carbocycles. The predicted octanol–water partition coefficient (Wildman–Crippen LogP) is -4.57. The largest absolute Gasteiger partial charge is 0.388 e. The summed E-state index contributed by atoms with van der Waals surface area (Å²) >= 11 is 0. The number of methoxy groups -OCH3 is 1. The molecule has 13 heteroatoms. The van der Waals surface area contributed by atoms with Crippen LogP contribution in [0.4, 0.5) is 0 Å². The molecule has 0 aromatic carbocycles. The van der Waals surface area contributed by atoms with Crippen molar-refractivity contribution in [2.75, 3.05) is 40.0 Å². The first-order chi connectivity index (χ1) is 14.7. The van der Waals surface area contributed by atoms with Crippen molar-refractivity contribution in [3.63, 3.8) is 0 Å². The van der Waals surface area contributed by atoms with Crippen molar-refractivity contribution in [3.8, 4) is 0 Å². The molecule has 8 N–H and O–H groups in total. The van der Waals surface area contributed by atoms with Gasteiger partial charge in [0, 0.05) is 20.2 Å². The van der Waals surface area contributed by atoms with Crippen molar-refractivity contribution < 1.29 is 54.0 Å². The fourth-order valence-corrected chi connectivity index (χ4v) is 3.45. The van der Waals surface area contributed by atoms with Gasteiger partial charge in [-0.2, -0.15) is 0 Å². The Hall–Kier alpha value is -0.970. The minimum absolute atomic E-state index is 0.0246. The fourth-order valence-electron chi connectivity index (χ4n) is 3.45. The Morgan fingerprint density at radius 1 is 0.935 bits per heavy atom. The Morgan fingerprint density at radius 2 is 1.65 bits per heavy atom. The summed E-state index contributed by atoms with van der Waals surface area (Å²) in [6.45, 7) is 1.36. The molecule has 0 aliphatic carbocycles. The highest BCUT2D eigenvalue weighted by Gasteiger charge is 2.47. The number of hydrogen-bond acceptors (Lipinski definition) is 12. The summed E-state index contributed by atoms with van der Waals surface area (Å²) in [5, 5.41) is 53.2. The second-order valence-corrected chi connectivity index (χ2v) is 7.58. The maximum Gasteiger partial charge on any atom is 0.246 e. The highest BCUT2D eigenvalue weighted by molar-refractivity contribution is 5.77. The number of nitrogens with two attached hydrogens (primary N) is 1. The molecule has 0 radical (unpaired) electrons. The van der Waals surface area contributed by atoms with E-state index in [9.17, 15) is 30.3 Å². The van der Waals surface area contributed by atoms with Crippen LogP contribution >= 0.6 is 0 Å². The van der Waals surface area contributed by atoms with Gasteiger partial charge < -0.3 is 60.3 Å². The van der Waals surface area contributed by atoms with Crippen molar-refractivity contribution in [2.45, 2.75) is 68.1 Å². The molecule has 13 nitrogen and oxygen atoms in total. The highest BCUT2D eigenvalue weighted by atomic mass is 16.7. The molecule has 0 aromatic rings. The number of hydrogen-bond donors (Lipinski definition) is 7. The zero-order valence-corrected chi connectivity index (χ0v) is 17.6. The molecule has 31 heavy (non-hydrogen) atoms. The monoisotopic (exact) mass is 454 g/mol. The molecule has 0 bridgehead atoms. The van der Waals surface area contributed by atoms with Gasteiger partial charge in [-0.25, -0.2) is 0 Å². The number of aliphatic hydroxyl groups excluding tert-OH is 5. The Morgan fingerprint density at radius 3 is 2.29 bits per heavy atom. The smallest absolute Gasteiger partial charge is 0.246 e. The van der Waals surface area contributed by atoms with Crippen LogP contribution in [0.2, 0.25) is 0 Å². The number of amides is 1. The van der Waals surface area contributed by atoms with Crippen LogP contribution in [0.3, 0.4) is 0 Å². The number of carbonyl (C=O) groups excluding carboxylic acids is 1. The van der Waals surface area contributed by atoms with Gasteiger partial charge in [-0.15, -0.1) is 0 Å². The van der Waals surface area contributed by atoms with Gasteiger partial charge in [0.2, 0.25) is 5.91 Å². The van der Waals surface area contributed by atoms with Crippen LogP contribution in [0.15, 0.2) is 0 Å². The summed E-state index contributed by atoms with van der Waals surface area (Å²) in [5.74, 6) is -0.444. The molecule has 10 atom stereocenters. The number of aliphatic hydroxyl groups is 5. The van der Waals surface area contributed by atoms with Gasteiger partial charge in [0.05, 0.1) is 19.3 Å². The Balaban J connectivity index is 1.95. The summed E-state index contributed by atoms with van der Waals surface area (Å²) in [7, 11) is 1.40. The molecular formula is C18H34N2O11. The lowest BCUT2D eigenvalue weighted by Gasteiger charge is -2.43. The molecule has 0 aromatic heterocycles. The second kappa shape index (κ2) is 12.3. The SMILES string of the molecule is COCC1OC(OCC2OC(C)C(O)C(O)C2O)C(O)C(O)C1OCC(=O)NCCN. The molecule has 2 aliphatic rings. The lowest BCUT2D eigenvalue weighted by atomic mass is 9.96. The van der Waals surface area contributed by atoms with Crippen molar-refractivity contribution in [1.29, 1.82) is 0 Å². The quantitative estimate of drug-likeness (QED) is 0.167. The van der Waals surface area contributed by atoms with Crippen molar-refractivity contribution in [1.82, 2.24) is 5.32 Å². The van der Waals surface area contributed by atoms with Crippen LogP contribution in [-0.2, 0) is 28.5 Å². The molecule has 10 unspecified atom stereocenters. The first kappa shape index (κ1) is 26.3. The van der Waals surface area contributed by atoms with Crippen LogP contribution < -0.4 is 11.1 Å². The fraction of sp³-hybridized carbons (Fsp3) is 0.944. The van der Waals surface area contributed by atoms with E-state index in [0.717, 1.165) is 0 Å². The van der Waals surface area contributed by atoms with E-state index in [0.29, 0.717) is 0 Å². The van der Waals surface area contributed by atoms with Gasteiger partial charge in [0.1, 0.15) is 55.4 Å². The van der Waals surface area contributed by atoms with E-state index < -0.39 is 67.1 Å². The summed E-state index contributed by atoms with van der Waals surface area (Å²) in [6.07, 6.45) is -12.1. The highest BCUT2D eigenvalue weighted by Crippen LogP contribution is 2.27. The Labute approximate surface area is 180 Å². The zero-order chi connectivity index (χ0) is 23.1. The van der Waals surface area contributed by atoms with E-state index in [2.05, 4.69) is 5.32 Å². The summed E-state index contributed by atoms with van der Waals surface area (Å²) in [5.41, 5.74) is 5.32. The van der Waals surface area contributed by atoms with E-state index in [1.54, 1.807) is 0 Å². The first-order valence-electron chi connectivity index (χ1n) is 10.1. The number of carbonyl (C=O) groups is 1. The van der Waals surface area contributed by atoms with Crippen LogP contribution in [0.25, 0.3) is 0 Å². The molecule has 1 amide bonds. The van der Waals surface area contributed by atoms with E-state index in [1.165, 1.54) is 14.0 Å². The van der Waals surface area contributed by atoms with E-state index in [-0.39, 0.29) is 32.9 Å². The van der Waals surface area contributed by atoms with E-state index in [1.807, 2.05) is 0 Å². The summed E-state index contributed by atoms with van der Waals surface area (Å²) in [4.78, 5) is 11.7. The third-order valence-corrected chi connectivity index (χ3v) is 5.22. The van der Waals surface area contributed by atoms with Gasteiger partial charge in [0.15, 0.2) is 6.29 Å². The summed E-state index contributed by atoms with van der Waals surface area (Å²) < 4.78 is 27.1. The maximum absolute atomic E-state index is 11.7. The molecule has 182 valence electrons. The van der Waals surface area contributed by atoms with Crippen molar-refractivity contribution in [3.05, 3.63) is 0 Å². The van der Waals surface area contributed by atoms with Gasteiger partial charge in [-0.1, -0.05) is 0 Å². The average molecular weight is 454 g/mol. The van der Waals surface area contributed by atoms with E-state index in [4.69, 9.17) is 29.4 Å². The van der Waals surface area contributed by atoms with Gasteiger partial charge >= 0.3 is 0 Å². The van der Waals surface area contributed by atoms with Crippen LogP contribution in [0.5, 0.6) is 0 Å². The standard InChI is InChI=1S/C18H34N2O11/c1-8-12(22)14(24)13(23)9(30-8)6-29-18-16(26)15(25)17(10(31-18)5-27-2)28-7-11(21)20-4-3-19/h8-10,12-18,22-26H,3-7,19H2,1-2H3,(H,20,21). The Bertz CT molecular complexity index is 557. The third-order valence-electron chi connectivity index (χ3n) is 5.22.